The summed E-state index contributed by atoms with van der Waals surface area (Å²) < 4.78 is 4.43. The van der Waals surface area contributed by atoms with E-state index in [0.717, 1.165) is 0 Å². The van der Waals surface area contributed by atoms with Gasteiger partial charge in [0.15, 0.2) is 0 Å². The van der Waals surface area contributed by atoms with Gasteiger partial charge < -0.3 is 0 Å². The predicted molar refractivity (Wildman–Crippen MR) is 162 cm³/mol. The van der Waals surface area contributed by atoms with E-state index < -0.39 is 24.6 Å². The minimum atomic E-state index is -2.50. The van der Waals surface area contributed by atoms with E-state index in [9.17, 15) is 0 Å². The summed E-state index contributed by atoms with van der Waals surface area (Å²) in [5.41, 5.74) is 0. The molecule has 0 aromatic heterocycles. The Bertz CT molecular complexity index is 1430. The van der Waals surface area contributed by atoms with Crippen LogP contribution in [0, 0.1) is 0 Å². The van der Waals surface area contributed by atoms with Gasteiger partial charge in [0.2, 0.25) is 0 Å². The van der Waals surface area contributed by atoms with Gasteiger partial charge in [-0.15, -0.1) is 0 Å². The van der Waals surface area contributed by atoms with E-state index in [1.807, 2.05) is 0 Å². The first-order chi connectivity index (χ1) is 18.9. The van der Waals surface area contributed by atoms with Crippen LogP contribution in [0.4, 0.5) is 0 Å². The number of hydrogen-bond acceptors (Lipinski definition) is 0. The van der Waals surface area contributed by atoms with Crippen LogP contribution in [-0.4, -0.2) is 8.07 Å². The van der Waals surface area contributed by atoms with Crippen LogP contribution in [0.25, 0.3) is 0 Å². The van der Waals surface area contributed by atoms with Gasteiger partial charge in [0.25, 0.3) is 0 Å². The third-order valence-corrected chi connectivity index (χ3v) is 18.2. The Morgan fingerprint density at radius 2 is 0.526 bits per heavy atom. The fourth-order valence-electron chi connectivity index (χ4n) is 5.24. The molecule has 6 rings (SSSR count). The Hall–Kier alpha value is -3.81. The van der Waals surface area contributed by atoms with Gasteiger partial charge in [0, 0.05) is 0 Å². The first-order valence-electron chi connectivity index (χ1n) is 12.9. The van der Waals surface area contributed by atoms with Crippen molar-refractivity contribution in [3.8, 4) is 0 Å². The predicted octanol–water partition coefficient (Wildman–Crippen LogP) is 3.96. The van der Waals surface area contributed by atoms with Crippen molar-refractivity contribution in [2.75, 3.05) is 0 Å². The minimum absolute atomic E-state index is 1.41. The van der Waals surface area contributed by atoms with Crippen molar-refractivity contribution >= 4 is 41.1 Å². The molecule has 0 nitrogen and oxygen atoms in total. The summed E-state index contributed by atoms with van der Waals surface area (Å²) in [6.07, 6.45) is 0. The van der Waals surface area contributed by atoms with E-state index in [1.165, 1.54) is 33.0 Å². The van der Waals surface area contributed by atoms with Gasteiger partial charge in [-0.3, -0.25) is 0 Å². The zero-order valence-corrected chi connectivity index (χ0v) is 24.5. The van der Waals surface area contributed by atoms with E-state index in [2.05, 4.69) is 176 Å². The van der Waals surface area contributed by atoms with Gasteiger partial charge in [-0.05, 0) is 0 Å². The van der Waals surface area contributed by atoms with E-state index >= 15 is 0 Å². The van der Waals surface area contributed by atoms with Crippen molar-refractivity contribution < 1.29 is 16.5 Å². The van der Waals surface area contributed by atoms with E-state index in [1.54, 1.807) is 0 Å². The van der Waals surface area contributed by atoms with Crippen LogP contribution in [0.2, 0.25) is 0 Å². The molecule has 0 spiro atoms. The standard InChI is InChI=1S/C24H19Si.2C6H5.Ir/c1-5-13-21(14-6-1)25(22-15-7-2-8-16-22,23-17-9-3-10-18-23)24-19-11-4-12-20-24;2*1-2-4-6-5-3-1;/h1-3,5-20H;2*1-5H;. The van der Waals surface area contributed by atoms with Crippen molar-refractivity contribution in [2.24, 2.45) is 0 Å². The molecule has 0 saturated carbocycles. The molecule has 0 N–H and O–H groups in total. The molecule has 0 amide bonds. The third kappa shape index (κ3) is 4.63. The molecule has 0 bridgehead atoms. The number of benzene rings is 6. The summed E-state index contributed by atoms with van der Waals surface area (Å²) in [6.45, 7) is 0. The fraction of sp³-hybridized carbons (Fsp3) is 0. The van der Waals surface area contributed by atoms with Crippen LogP contribution < -0.4 is 33.0 Å². The molecule has 2 heteroatoms. The van der Waals surface area contributed by atoms with Gasteiger partial charge in [-0.25, -0.2) is 0 Å². The van der Waals surface area contributed by atoms with E-state index in [0.29, 0.717) is 0 Å². The van der Waals surface area contributed by atoms with Crippen LogP contribution in [0.3, 0.4) is 0 Å². The van der Waals surface area contributed by atoms with E-state index in [4.69, 9.17) is 0 Å². The van der Waals surface area contributed by atoms with E-state index in [-0.39, 0.29) is 0 Å². The molecule has 0 aliphatic heterocycles. The Labute approximate surface area is 232 Å². The molecule has 38 heavy (non-hydrogen) atoms. The second kappa shape index (κ2) is 11.3. The Kier molecular flexibility index (Phi) is 7.28. The van der Waals surface area contributed by atoms with Crippen molar-refractivity contribution in [3.05, 3.63) is 176 Å². The van der Waals surface area contributed by atoms with Crippen LogP contribution >= 0.6 is 0 Å². The molecule has 6 aromatic carbocycles. The number of rotatable bonds is 7. The zero-order chi connectivity index (χ0) is 25.6. The Morgan fingerprint density at radius 3 is 0.868 bits per heavy atom. The average molecular weight is 682 g/mol. The SMILES string of the molecule is c1cc[c]([Ir]([c]2ccccc2)[c]2ccc([Si](c3ccccc3)(c3ccccc3)c3ccccc3)cc2)cc1. The summed E-state index contributed by atoms with van der Waals surface area (Å²) >= 11 is -1.94. The van der Waals surface area contributed by atoms with Crippen LogP contribution in [0.5, 0.6) is 0 Å². The van der Waals surface area contributed by atoms with Crippen LogP contribution in [0.15, 0.2) is 176 Å². The summed E-state index contributed by atoms with van der Waals surface area (Å²) in [5, 5.41) is 5.65. The average Bonchev–Trinajstić information content (AvgIpc) is 3.01. The van der Waals surface area contributed by atoms with Crippen LogP contribution in [-0.2, 0) is 16.5 Å². The molecular formula is C36H29IrSi. The fourth-order valence-corrected chi connectivity index (χ4v) is 16.1. The van der Waals surface area contributed by atoms with Crippen molar-refractivity contribution in [2.45, 2.75) is 0 Å². The second-order valence-corrected chi connectivity index (χ2v) is 18.9. The molecular weight excluding hydrogens is 653 g/mol. The quantitative estimate of drug-likeness (QED) is 0.177. The second-order valence-electron chi connectivity index (χ2n) is 9.12. The third-order valence-electron chi connectivity index (χ3n) is 6.90. The summed E-state index contributed by atoms with van der Waals surface area (Å²) in [6, 6.07) is 65.4. The molecule has 0 aliphatic rings. The molecule has 0 atom stereocenters. The maximum absolute atomic E-state index is 2.50. The van der Waals surface area contributed by atoms with Gasteiger partial charge in [-0.2, -0.15) is 0 Å². The van der Waals surface area contributed by atoms with Gasteiger partial charge in [0.05, 0.1) is 0 Å². The summed E-state index contributed by atoms with van der Waals surface area (Å²) in [7, 11) is -2.50. The topological polar surface area (TPSA) is 0 Å². The van der Waals surface area contributed by atoms with Gasteiger partial charge in [-0.1, -0.05) is 0 Å². The summed E-state index contributed by atoms with van der Waals surface area (Å²) in [5.74, 6) is 0. The van der Waals surface area contributed by atoms with Gasteiger partial charge in [0.1, 0.15) is 0 Å². The number of hydrogen-bond donors (Lipinski definition) is 0. The Balaban J connectivity index is 1.56. The van der Waals surface area contributed by atoms with Crippen molar-refractivity contribution in [1.29, 1.82) is 0 Å². The molecule has 0 aliphatic carbocycles. The molecule has 0 saturated heterocycles. The molecule has 6 aromatic rings. The van der Waals surface area contributed by atoms with Gasteiger partial charge >= 0.3 is 233 Å². The van der Waals surface area contributed by atoms with Crippen LogP contribution in [0.1, 0.15) is 0 Å². The first kappa shape index (κ1) is 24.5. The maximum atomic E-state index is 2.44. The monoisotopic (exact) mass is 682 g/mol. The normalized spacial score (nSPS) is 11.6. The molecule has 0 fully saturated rings. The molecule has 186 valence electrons. The van der Waals surface area contributed by atoms with Crippen molar-refractivity contribution in [3.63, 3.8) is 0 Å². The first-order valence-corrected chi connectivity index (χ1v) is 18.5. The molecule has 0 unspecified atom stereocenters. The zero-order valence-electron chi connectivity index (χ0n) is 21.1. The molecule has 0 radical (unpaired) electrons. The van der Waals surface area contributed by atoms with Crippen molar-refractivity contribution in [1.82, 2.24) is 0 Å². The molecule has 0 heterocycles. The summed E-state index contributed by atoms with van der Waals surface area (Å²) in [4.78, 5) is 0. The Morgan fingerprint density at radius 1 is 0.263 bits per heavy atom.